The lowest BCUT2D eigenvalue weighted by atomic mass is 10.0. The number of aromatic nitrogens is 2. The molecule has 0 N–H and O–H groups in total. The Morgan fingerprint density at radius 3 is 2.75 bits per heavy atom. The van der Waals surface area contributed by atoms with Crippen molar-refractivity contribution in [2.24, 2.45) is 5.92 Å². The van der Waals surface area contributed by atoms with Crippen LogP contribution in [-0.4, -0.2) is 75.1 Å². The van der Waals surface area contributed by atoms with Gasteiger partial charge in [-0.2, -0.15) is 5.06 Å². The van der Waals surface area contributed by atoms with Crippen molar-refractivity contribution in [2.75, 3.05) is 26.2 Å². The monoisotopic (exact) mass is 449 g/mol. The molecule has 1 aromatic heterocycles. The Hall–Kier alpha value is -2.36. The van der Waals surface area contributed by atoms with Crippen molar-refractivity contribution < 1.29 is 23.6 Å². The summed E-state index contributed by atoms with van der Waals surface area (Å²) in [5, 5.41) is 10.0. The minimum atomic E-state index is -0.501. The minimum Gasteiger partial charge on any atom is -0.444 e. The third kappa shape index (κ3) is 5.00. The molecule has 32 heavy (non-hydrogen) atoms. The minimum absolute atomic E-state index is 0.0929. The van der Waals surface area contributed by atoms with Crippen LogP contribution in [0.25, 0.3) is 0 Å². The Kier molecular flexibility index (Phi) is 6.60. The first-order valence-corrected chi connectivity index (χ1v) is 11.8. The highest BCUT2D eigenvalue weighted by Crippen LogP contribution is 2.38. The van der Waals surface area contributed by atoms with E-state index in [0.29, 0.717) is 44.4 Å². The number of unbranched alkanes of at least 4 members (excludes halogenated alkanes) is 1. The predicted molar refractivity (Wildman–Crippen MR) is 114 cm³/mol. The maximum Gasteiger partial charge on any atom is 0.410 e. The molecule has 4 rings (SSSR count). The van der Waals surface area contributed by atoms with E-state index in [1.54, 1.807) is 9.80 Å². The van der Waals surface area contributed by atoms with Gasteiger partial charge in [-0.05, 0) is 52.4 Å². The molecular formula is C22H35N5O5. The molecule has 0 radical (unpaired) electrons. The van der Waals surface area contributed by atoms with Gasteiger partial charge in [0.1, 0.15) is 11.6 Å². The van der Waals surface area contributed by atoms with Gasteiger partial charge in [-0.25, -0.2) is 9.59 Å². The largest absolute Gasteiger partial charge is 0.444 e. The van der Waals surface area contributed by atoms with Crippen LogP contribution in [0.1, 0.15) is 77.6 Å². The van der Waals surface area contributed by atoms with Crippen LogP contribution in [0.15, 0.2) is 4.42 Å². The van der Waals surface area contributed by atoms with Crippen LogP contribution >= 0.6 is 0 Å². The van der Waals surface area contributed by atoms with Gasteiger partial charge in [-0.15, -0.1) is 10.2 Å². The number of fused-ring (bicyclic) bond motifs is 2. The number of hydrogen-bond donors (Lipinski definition) is 0. The van der Waals surface area contributed by atoms with E-state index < -0.39 is 5.60 Å². The van der Waals surface area contributed by atoms with E-state index in [-0.39, 0.29) is 30.1 Å². The van der Waals surface area contributed by atoms with E-state index in [0.717, 1.165) is 32.1 Å². The maximum absolute atomic E-state index is 12.8. The fourth-order valence-corrected chi connectivity index (χ4v) is 4.58. The third-order valence-corrected chi connectivity index (χ3v) is 6.22. The molecule has 0 saturated carbocycles. The first kappa shape index (κ1) is 22.8. The van der Waals surface area contributed by atoms with Crippen LogP contribution in [-0.2, 0) is 16.0 Å². The first-order valence-electron chi connectivity index (χ1n) is 11.8. The topological polar surface area (TPSA) is 101 Å². The summed E-state index contributed by atoms with van der Waals surface area (Å²) in [6, 6.07) is -0.228. The number of nitrogens with zero attached hydrogens (tertiary/aromatic N) is 5. The molecule has 10 heteroatoms. The van der Waals surface area contributed by atoms with Crippen LogP contribution < -0.4 is 0 Å². The number of carbonyl (C=O) groups excluding carboxylic acids is 2. The zero-order valence-corrected chi connectivity index (χ0v) is 19.6. The van der Waals surface area contributed by atoms with Crippen molar-refractivity contribution >= 4 is 12.1 Å². The molecule has 3 fully saturated rings. The molecule has 10 nitrogen and oxygen atoms in total. The number of carbonyl (C=O) groups is 2. The molecular weight excluding hydrogens is 414 g/mol. The number of rotatable bonds is 7. The lowest BCUT2D eigenvalue weighted by molar-refractivity contribution is -0.130. The number of urea groups is 1. The fraction of sp³-hybridized carbons (Fsp3) is 0.818. The van der Waals surface area contributed by atoms with Gasteiger partial charge in [0.25, 0.3) is 0 Å². The second kappa shape index (κ2) is 9.25. The summed E-state index contributed by atoms with van der Waals surface area (Å²) in [7, 11) is 0. The lowest BCUT2D eigenvalue weighted by Crippen LogP contribution is -2.35. The van der Waals surface area contributed by atoms with Crippen molar-refractivity contribution in [1.29, 1.82) is 0 Å². The third-order valence-electron chi connectivity index (χ3n) is 6.22. The van der Waals surface area contributed by atoms with Gasteiger partial charge in [-0.1, -0.05) is 13.3 Å². The van der Waals surface area contributed by atoms with Gasteiger partial charge in [-0.3, -0.25) is 4.84 Å². The number of ether oxygens (including phenoxy) is 1. The molecule has 3 amide bonds. The molecule has 3 aliphatic heterocycles. The molecule has 4 heterocycles. The zero-order valence-electron chi connectivity index (χ0n) is 19.6. The highest BCUT2D eigenvalue weighted by molar-refractivity contribution is 5.77. The number of piperidine rings is 1. The van der Waals surface area contributed by atoms with Crippen molar-refractivity contribution in [3.8, 4) is 0 Å². The molecule has 0 spiro atoms. The Morgan fingerprint density at radius 1 is 1.19 bits per heavy atom. The van der Waals surface area contributed by atoms with Crippen LogP contribution in [0.5, 0.6) is 0 Å². The molecule has 178 valence electrons. The fourth-order valence-electron chi connectivity index (χ4n) is 4.58. The van der Waals surface area contributed by atoms with Crippen LogP contribution in [0.3, 0.4) is 0 Å². The predicted octanol–water partition coefficient (Wildman–Crippen LogP) is 3.54. The lowest BCUT2D eigenvalue weighted by Gasteiger charge is -2.27. The average molecular weight is 450 g/mol. The molecule has 0 aliphatic carbocycles. The Balaban J connectivity index is 1.32. The number of hydroxylamine groups is 2. The van der Waals surface area contributed by atoms with Gasteiger partial charge in [0.05, 0.1) is 12.6 Å². The summed E-state index contributed by atoms with van der Waals surface area (Å²) in [6.45, 7) is 10.2. The van der Waals surface area contributed by atoms with Crippen LogP contribution in [0.2, 0.25) is 0 Å². The Labute approximate surface area is 189 Å². The van der Waals surface area contributed by atoms with Crippen molar-refractivity contribution in [2.45, 2.75) is 83.9 Å². The van der Waals surface area contributed by atoms with Crippen molar-refractivity contribution in [1.82, 2.24) is 25.1 Å². The average Bonchev–Trinajstić information content (AvgIpc) is 3.44. The molecule has 1 aromatic rings. The van der Waals surface area contributed by atoms with Crippen molar-refractivity contribution in [3.05, 3.63) is 11.8 Å². The summed E-state index contributed by atoms with van der Waals surface area (Å²) >= 11 is 0. The normalized spacial score (nSPS) is 25.7. The smallest absolute Gasteiger partial charge is 0.410 e. The van der Waals surface area contributed by atoms with E-state index in [2.05, 4.69) is 17.1 Å². The summed E-state index contributed by atoms with van der Waals surface area (Å²) in [5.74, 6) is 1.30. The van der Waals surface area contributed by atoms with Gasteiger partial charge < -0.3 is 19.0 Å². The molecule has 3 aliphatic rings. The second-order valence-corrected chi connectivity index (χ2v) is 10.0. The van der Waals surface area contributed by atoms with Crippen molar-refractivity contribution in [3.63, 3.8) is 0 Å². The molecule has 2 bridgehead atoms. The van der Waals surface area contributed by atoms with E-state index in [4.69, 9.17) is 14.0 Å². The van der Waals surface area contributed by atoms with Gasteiger partial charge in [0, 0.05) is 26.1 Å². The standard InChI is InChI=1S/C22H35N5O5/c1-5-6-11-30-27-16-7-8-17(26(14-16)20(27)28)19-24-23-18(31-19)12-15-9-10-25(13-15)21(29)32-22(2,3)4/h15-17H,5-14H2,1-4H3/t15?,16-,17-/m0/s1. The molecule has 3 saturated heterocycles. The number of hydrogen-bond acceptors (Lipinski definition) is 7. The SMILES string of the molecule is CCCCON1C(=O)N2C[C@@H]1CC[C@H]2c1nnc(CC2CCN(C(=O)OC(C)(C)C)C2)o1. The Morgan fingerprint density at radius 2 is 2.00 bits per heavy atom. The van der Waals surface area contributed by atoms with E-state index in [1.807, 2.05) is 20.8 Å². The Bertz CT molecular complexity index is 822. The second-order valence-electron chi connectivity index (χ2n) is 10.0. The number of likely N-dealkylation sites (tertiary alicyclic amines) is 1. The maximum atomic E-state index is 12.8. The highest BCUT2D eigenvalue weighted by Gasteiger charge is 2.47. The summed E-state index contributed by atoms with van der Waals surface area (Å²) < 4.78 is 11.4. The van der Waals surface area contributed by atoms with E-state index in [1.165, 1.54) is 5.06 Å². The molecule has 0 aromatic carbocycles. The summed E-state index contributed by atoms with van der Waals surface area (Å²) in [4.78, 5) is 34.4. The van der Waals surface area contributed by atoms with E-state index in [9.17, 15) is 9.59 Å². The molecule has 1 unspecified atom stereocenters. The summed E-state index contributed by atoms with van der Waals surface area (Å²) in [5.41, 5.74) is -0.501. The van der Waals surface area contributed by atoms with Gasteiger partial charge in [0.15, 0.2) is 0 Å². The van der Waals surface area contributed by atoms with Crippen LogP contribution in [0, 0.1) is 5.92 Å². The number of amides is 3. The quantitative estimate of drug-likeness (QED) is 0.587. The van der Waals surface area contributed by atoms with E-state index >= 15 is 0 Å². The molecule has 3 atom stereocenters. The highest BCUT2D eigenvalue weighted by atomic mass is 16.7. The zero-order chi connectivity index (χ0) is 22.9. The van der Waals surface area contributed by atoms with Gasteiger partial charge >= 0.3 is 12.1 Å². The first-order chi connectivity index (χ1) is 15.2. The van der Waals surface area contributed by atoms with Gasteiger partial charge in [0.2, 0.25) is 11.8 Å². The van der Waals surface area contributed by atoms with Crippen LogP contribution in [0.4, 0.5) is 9.59 Å². The summed E-state index contributed by atoms with van der Waals surface area (Å²) in [6.07, 6.45) is 4.80.